The normalized spacial score (nSPS) is 11.2. The maximum Gasteiger partial charge on any atom is 0.123 e. The van der Waals surface area contributed by atoms with Gasteiger partial charge in [-0.3, -0.25) is 0 Å². The van der Waals surface area contributed by atoms with Gasteiger partial charge in [-0.05, 0) is 54.8 Å². The molecule has 2 aromatic carbocycles. The zero-order valence-corrected chi connectivity index (χ0v) is 13.8. The molecule has 0 atom stereocenters. The minimum atomic E-state index is -0.261. The minimum Gasteiger partial charge on any atom is -0.207 e. The molecule has 2 nitrogen and oxygen atoms in total. The molecule has 0 aliphatic carbocycles. The third-order valence-corrected chi connectivity index (χ3v) is 3.86. The van der Waals surface area contributed by atoms with Gasteiger partial charge in [-0.2, -0.15) is 10.2 Å². The Hall–Kier alpha value is -2.03. The van der Waals surface area contributed by atoms with E-state index in [0.29, 0.717) is 5.69 Å². The summed E-state index contributed by atoms with van der Waals surface area (Å²) in [7, 11) is 0. The van der Waals surface area contributed by atoms with Crippen LogP contribution in [0.4, 0.5) is 15.8 Å². The number of rotatable bonds is 9. The van der Waals surface area contributed by atoms with Gasteiger partial charge in [-0.1, -0.05) is 51.2 Å². The lowest BCUT2D eigenvalue weighted by Crippen LogP contribution is -1.85. The molecule has 0 bridgehead atoms. The predicted octanol–water partition coefficient (Wildman–Crippen LogP) is 7.14. The van der Waals surface area contributed by atoms with Crippen LogP contribution in [0, 0.1) is 5.82 Å². The number of hydrogen-bond acceptors (Lipinski definition) is 2. The second-order valence-electron chi connectivity index (χ2n) is 5.86. The van der Waals surface area contributed by atoms with Gasteiger partial charge < -0.3 is 0 Å². The fourth-order valence-corrected chi connectivity index (χ4v) is 2.46. The summed E-state index contributed by atoms with van der Waals surface area (Å²) < 4.78 is 12.8. The van der Waals surface area contributed by atoms with Crippen molar-refractivity contribution in [2.24, 2.45) is 10.2 Å². The Labute approximate surface area is 138 Å². The molecular weight excluding hydrogens is 287 g/mol. The molecule has 0 saturated heterocycles. The molecule has 0 aromatic heterocycles. The van der Waals surface area contributed by atoms with Crippen LogP contribution in [0.25, 0.3) is 0 Å². The van der Waals surface area contributed by atoms with Crippen molar-refractivity contribution in [3.8, 4) is 0 Å². The van der Waals surface area contributed by atoms with Crippen LogP contribution in [0.3, 0.4) is 0 Å². The molecule has 2 rings (SSSR count). The highest BCUT2D eigenvalue weighted by Crippen LogP contribution is 2.19. The van der Waals surface area contributed by atoms with E-state index >= 15 is 0 Å². The molecule has 0 amide bonds. The Morgan fingerprint density at radius 2 is 1.22 bits per heavy atom. The van der Waals surface area contributed by atoms with Crippen molar-refractivity contribution in [3.05, 3.63) is 59.9 Å². The molecule has 3 heteroatoms. The Kier molecular flexibility index (Phi) is 7.44. The summed E-state index contributed by atoms with van der Waals surface area (Å²) in [5.74, 6) is -0.261. The number of hydrogen-bond donors (Lipinski definition) is 0. The maximum absolute atomic E-state index is 12.8. The molecule has 0 fully saturated rings. The SMILES string of the molecule is CCCCCCCCc1ccc(N=Nc2ccc(F)cc2)cc1. The molecule has 0 spiro atoms. The topological polar surface area (TPSA) is 24.7 Å². The molecule has 23 heavy (non-hydrogen) atoms. The highest BCUT2D eigenvalue weighted by Gasteiger charge is 1.96. The summed E-state index contributed by atoms with van der Waals surface area (Å²) in [6.45, 7) is 2.25. The number of nitrogens with zero attached hydrogens (tertiary/aromatic N) is 2. The van der Waals surface area contributed by atoms with E-state index in [-0.39, 0.29) is 5.82 Å². The highest BCUT2D eigenvalue weighted by atomic mass is 19.1. The van der Waals surface area contributed by atoms with Gasteiger partial charge in [-0.25, -0.2) is 4.39 Å². The van der Waals surface area contributed by atoms with Crippen molar-refractivity contribution < 1.29 is 4.39 Å². The van der Waals surface area contributed by atoms with Crippen LogP contribution >= 0.6 is 0 Å². The molecular formula is C20H25FN2. The van der Waals surface area contributed by atoms with Crippen LogP contribution in [-0.4, -0.2) is 0 Å². The van der Waals surface area contributed by atoms with Crippen LogP contribution in [0.15, 0.2) is 58.8 Å². The molecule has 0 N–H and O–H groups in total. The quantitative estimate of drug-likeness (QED) is 0.347. The van der Waals surface area contributed by atoms with Gasteiger partial charge in [0.05, 0.1) is 11.4 Å². The lowest BCUT2D eigenvalue weighted by molar-refractivity contribution is 0.607. The lowest BCUT2D eigenvalue weighted by Gasteiger charge is -2.02. The smallest absolute Gasteiger partial charge is 0.123 e. The van der Waals surface area contributed by atoms with E-state index in [1.165, 1.54) is 56.2 Å². The highest BCUT2D eigenvalue weighted by molar-refractivity contribution is 5.41. The average molecular weight is 312 g/mol. The van der Waals surface area contributed by atoms with Gasteiger partial charge in [0.1, 0.15) is 5.82 Å². The van der Waals surface area contributed by atoms with E-state index in [1.54, 1.807) is 12.1 Å². The summed E-state index contributed by atoms with van der Waals surface area (Å²) in [6.07, 6.45) is 9.05. The average Bonchev–Trinajstić information content (AvgIpc) is 2.58. The Balaban J connectivity index is 1.76. The van der Waals surface area contributed by atoms with Gasteiger partial charge >= 0.3 is 0 Å². The number of halogens is 1. The van der Waals surface area contributed by atoms with Crippen LogP contribution in [-0.2, 0) is 6.42 Å². The monoisotopic (exact) mass is 312 g/mol. The van der Waals surface area contributed by atoms with E-state index in [4.69, 9.17) is 0 Å². The van der Waals surface area contributed by atoms with Gasteiger partial charge in [-0.15, -0.1) is 0 Å². The van der Waals surface area contributed by atoms with Gasteiger partial charge in [0, 0.05) is 0 Å². The summed E-state index contributed by atoms with van der Waals surface area (Å²) in [5, 5.41) is 8.29. The van der Waals surface area contributed by atoms with E-state index in [1.807, 2.05) is 12.1 Å². The van der Waals surface area contributed by atoms with E-state index in [2.05, 4.69) is 29.3 Å². The first-order chi connectivity index (χ1) is 11.3. The van der Waals surface area contributed by atoms with Gasteiger partial charge in [0.25, 0.3) is 0 Å². The fourth-order valence-electron chi connectivity index (χ4n) is 2.46. The Bertz CT molecular complexity index is 588. The largest absolute Gasteiger partial charge is 0.207 e. The lowest BCUT2D eigenvalue weighted by atomic mass is 10.0. The standard InChI is InChI=1S/C20H25FN2/c1-2-3-4-5-6-7-8-17-9-13-19(14-10-17)22-23-20-15-11-18(21)12-16-20/h9-16H,2-8H2,1H3. The second kappa shape index (κ2) is 9.88. The minimum absolute atomic E-state index is 0.261. The molecule has 2 aromatic rings. The van der Waals surface area contributed by atoms with Gasteiger partial charge in [0.15, 0.2) is 0 Å². The Morgan fingerprint density at radius 3 is 1.83 bits per heavy atom. The number of azo groups is 1. The van der Waals surface area contributed by atoms with Crippen LogP contribution < -0.4 is 0 Å². The summed E-state index contributed by atoms with van der Waals surface area (Å²) in [6, 6.07) is 14.2. The molecule has 0 radical (unpaired) electrons. The van der Waals surface area contributed by atoms with Crippen molar-refractivity contribution >= 4 is 11.4 Å². The third-order valence-electron chi connectivity index (χ3n) is 3.86. The first kappa shape index (κ1) is 17.3. The molecule has 0 aliphatic heterocycles. The van der Waals surface area contributed by atoms with Crippen molar-refractivity contribution in [2.45, 2.75) is 51.9 Å². The fraction of sp³-hybridized carbons (Fsp3) is 0.400. The first-order valence-electron chi connectivity index (χ1n) is 8.54. The van der Waals surface area contributed by atoms with Crippen LogP contribution in [0.5, 0.6) is 0 Å². The van der Waals surface area contributed by atoms with Crippen molar-refractivity contribution in [2.75, 3.05) is 0 Å². The molecule has 0 heterocycles. The summed E-state index contributed by atoms with van der Waals surface area (Å²) in [5.41, 5.74) is 2.82. The third kappa shape index (κ3) is 6.72. The van der Waals surface area contributed by atoms with Gasteiger partial charge in [0.2, 0.25) is 0 Å². The van der Waals surface area contributed by atoms with Crippen molar-refractivity contribution in [1.82, 2.24) is 0 Å². The zero-order valence-electron chi connectivity index (χ0n) is 13.8. The van der Waals surface area contributed by atoms with E-state index in [9.17, 15) is 4.39 Å². The predicted molar refractivity (Wildman–Crippen MR) is 94.1 cm³/mol. The molecule has 0 unspecified atom stereocenters. The van der Waals surface area contributed by atoms with Crippen molar-refractivity contribution in [1.29, 1.82) is 0 Å². The summed E-state index contributed by atoms with van der Waals surface area (Å²) >= 11 is 0. The van der Waals surface area contributed by atoms with Crippen LogP contribution in [0.2, 0.25) is 0 Å². The molecule has 0 saturated carbocycles. The number of benzene rings is 2. The van der Waals surface area contributed by atoms with Crippen molar-refractivity contribution in [3.63, 3.8) is 0 Å². The number of aryl methyl sites for hydroxylation is 1. The maximum atomic E-state index is 12.8. The van der Waals surface area contributed by atoms with E-state index < -0.39 is 0 Å². The Morgan fingerprint density at radius 1 is 0.696 bits per heavy atom. The zero-order chi connectivity index (χ0) is 16.3. The number of unbranched alkanes of at least 4 members (excludes halogenated alkanes) is 5. The molecule has 122 valence electrons. The summed E-state index contributed by atoms with van der Waals surface area (Å²) in [4.78, 5) is 0. The van der Waals surface area contributed by atoms with E-state index in [0.717, 1.165) is 12.1 Å². The second-order valence-corrected chi connectivity index (χ2v) is 5.86. The molecule has 0 aliphatic rings. The van der Waals surface area contributed by atoms with Crippen LogP contribution in [0.1, 0.15) is 51.0 Å². The first-order valence-corrected chi connectivity index (χ1v) is 8.54.